The minimum atomic E-state index is -0.234. The third-order valence-electron chi connectivity index (χ3n) is 1.88. The summed E-state index contributed by atoms with van der Waals surface area (Å²) in [7, 11) is 0. The predicted molar refractivity (Wildman–Crippen MR) is 61.6 cm³/mol. The second-order valence-corrected chi connectivity index (χ2v) is 3.18. The molecule has 0 aliphatic carbocycles. The molecule has 3 heteroatoms. The number of ether oxygens (including phenoxy) is 2. The van der Waals surface area contributed by atoms with Crippen LogP contribution in [0.5, 0.6) is 0 Å². The number of esters is 1. The molecule has 0 N–H and O–H groups in total. The Kier molecular flexibility index (Phi) is 5.78. The van der Waals surface area contributed by atoms with E-state index >= 15 is 0 Å². The first-order valence-corrected chi connectivity index (χ1v) is 5.29. The predicted octanol–water partition coefficient (Wildman–Crippen LogP) is 2.67. The Balaban J connectivity index is 2.16. The van der Waals surface area contributed by atoms with Crippen LogP contribution in [0.2, 0.25) is 0 Å². The molecule has 0 aliphatic rings. The van der Waals surface area contributed by atoms with E-state index in [1.54, 1.807) is 13.0 Å². The SMILES string of the molecule is CCOC(=O)C/C=C/OCc1ccccc1. The van der Waals surface area contributed by atoms with Crippen molar-refractivity contribution in [2.24, 2.45) is 0 Å². The van der Waals surface area contributed by atoms with E-state index in [0.717, 1.165) is 5.56 Å². The Labute approximate surface area is 95.7 Å². The highest BCUT2D eigenvalue weighted by Crippen LogP contribution is 2.00. The van der Waals surface area contributed by atoms with Gasteiger partial charge in [-0.3, -0.25) is 4.79 Å². The number of benzene rings is 1. The van der Waals surface area contributed by atoms with Gasteiger partial charge >= 0.3 is 5.97 Å². The van der Waals surface area contributed by atoms with Gasteiger partial charge in [0.1, 0.15) is 6.61 Å². The second kappa shape index (κ2) is 7.51. The summed E-state index contributed by atoms with van der Waals surface area (Å²) in [6.45, 7) is 2.71. The normalized spacial score (nSPS) is 10.3. The van der Waals surface area contributed by atoms with E-state index in [2.05, 4.69) is 0 Å². The van der Waals surface area contributed by atoms with E-state index in [1.807, 2.05) is 30.3 Å². The van der Waals surface area contributed by atoms with Crippen molar-refractivity contribution in [3.63, 3.8) is 0 Å². The van der Waals surface area contributed by atoms with E-state index in [1.165, 1.54) is 6.26 Å². The molecule has 86 valence electrons. The molecular weight excluding hydrogens is 204 g/mol. The Bertz CT molecular complexity index is 330. The zero-order valence-corrected chi connectivity index (χ0v) is 9.39. The summed E-state index contributed by atoms with van der Waals surface area (Å²) < 4.78 is 10.0. The molecule has 1 aromatic rings. The Morgan fingerprint density at radius 2 is 2.06 bits per heavy atom. The fraction of sp³-hybridized carbons (Fsp3) is 0.308. The van der Waals surface area contributed by atoms with Crippen molar-refractivity contribution in [3.8, 4) is 0 Å². The fourth-order valence-corrected chi connectivity index (χ4v) is 1.15. The summed E-state index contributed by atoms with van der Waals surface area (Å²) in [5.74, 6) is -0.234. The van der Waals surface area contributed by atoms with E-state index in [0.29, 0.717) is 13.2 Å². The van der Waals surface area contributed by atoms with Crippen LogP contribution in [0, 0.1) is 0 Å². The van der Waals surface area contributed by atoms with Crippen molar-refractivity contribution in [2.75, 3.05) is 6.61 Å². The van der Waals surface area contributed by atoms with Gasteiger partial charge in [-0.05, 0) is 18.6 Å². The van der Waals surface area contributed by atoms with Crippen molar-refractivity contribution < 1.29 is 14.3 Å². The number of hydrogen-bond acceptors (Lipinski definition) is 3. The largest absolute Gasteiger partial charge is 0.497 e. The molecule has 0 aromatic heterocycles. The van der Waals surface area contributed by atoms with E-state index in [4.69, 9.17) is 9.47 Å². The van der Waals surface area contributed by atoms with Crippen LogP contribution in [0.1, 0.15) is 18.9 Å². The quantitative estimate of drug-likeness (QED) is 0.546. The third kappa shape index (κ3) is 5.20. The Morgan fingerprint density at radius 3 is 2.75 bits per heavy atom. The summed E-state index contributed by atoms with van der Waals surface area (Å²) in [5, 5.41) is 0. The third-order valence-corrected chi connectivity index (χ3v) is 1.88. The second-order valence-electron chi connectivity index (χ2n) is 3.18. The molecule has 0 amide bonds. The highest BCUT2D eigenvalue weighted by Gasteiger charge is 1.95. The Hall–Kier alpha value is -1.77. The van der Waals surface area contributed by atoms with Crippen molar-refractivity contribution in [1.82, 2.24) is 0 Å². The molecule has 0 radical (unpaired) electrons. The van der Waals surface area contributed by atoms with Gasteiger partial charge in [-0.2, -0.15) is 0 Å². The molecule has 16 heavy (non-hydrogen) atoms. The van der Waals surface area contributed by atoms with Crippen LogP contribution in [0.3, 0.4) is 0 Å². The van der Waals surface area contributed by atoms with Crippen LogP contribution >= 0.6 is 0 Å². The molecule has 0 spiro atoms. The lowest BCUT2D eigenvalue weighted by Gasteiger charge is -2.00. The average molecular weight is 220 g/mol. The van der Waals surface area contributed by atoms with Crippen LogP contribution < -0.4 is 0 Å². The maximum atomic E-state index is 10.9. The number of hydrogen-bond donors (Lipinski definition) is 0. The highest BCUT2D eigenvalue weighted by molar-refractivity contribution is 5.70. The van der Waals surface area contributed by atoms with Gasteiger partial charge < -0.3 is 9.47 Å². The Morgan fingerprint density at radius 1 is 1.31 bits per heavy atom. The minimum Gasteiger partial charge on any atom is -0.497 e. The molecule has 0 bridgehead atoms. The van der Waals surface area contributed by atoms with Crippen LogP contribution in [-0.4, -0.2) is 12.6 Å². The minimum absolute atomic E-state index is 0.234. The molecule has 0 heterocycles. The molecule has 3 nitrogen and oxygen atoms in total. The first-order chi connectivity index (χ1) is 7.83. The van der Waals surface area contributed by atoms with Crippen LogP contribution in [-0.2, 0) is 20.9 Å². The summed E-state index contributed by atoms with van der Waals surface area (Å²) in [6, 6.07) is 9.85. The summed E-state index contributed by atoms with van der Waals surface area (Å²) in [4.78, 5) is 10.9. The van der Waals surface area contributed by atoms with Gasteiger partial charge in [0.25, 0.3) is 0 Å². The van der Waals surface area contributed by atoms with Gasteiger partial charge in [0.2, 0.25) is 0 Å². The lowest BCUT2D eigenvalue weighted by Crippen LogP contribution is -2.01. The van der Waals surface area contributed by atoms with Gasteiger partial charge in [-0.1, -0.05) is 30.3 Å². The van der Waals surface area contributed by atoms with Crippen LogP contribution in [0.25, 0.3) is 0 Å². The van der Waals surface area contributed by atoms with Gasteiger partial charge in [0, 0.05) is 0 Å². The van der Waals surface area contributed by atoms with E-state index < -0.39 is 0 Å². The molecule has 0 saturated carbocycles. The summed E-state index contributed by atoms with van der Waals surface area (Å²) >= 11 is 0. The van der Waals surface area contributed by atoms with Crippen molar-refractivity contribution in [3.05, 3.63) is 48.2 Å². The molecule has 0 atom stereocenters. The topological polar surface area (TPSA) is 35.5 Å². The van der Waals surface area contributed by atoms with Gasteiger partial charge in [-0.25, -0.2) is 0 Å². The van der Waals surface area contributed by atoms with Crippen molar-refractivity contribution in [2.45, 2.75) is 20.0 Å². The first kappa shape index (κ1) is 12.3. The molecule has 0 saturated heterocycles. The standard InChI is InChI=1S/C13H16O3/c1-2-16-13(14)9-6-10-15-11-12-7-4-3-5-8-12/h3-8,10H,2,9,11H2,1H3/b10-6+. The van der Waals surface area contributed by atoms with Gasteiger partial charge in [0.15, 0.2) is 0 Å². The highest BCUT2D eigenvalue weighted by atomic mass is 16.5. The van der Waals surface area contributed by atoms with Gasteiger partial charge in [-0.15, -0.1) is 0 Å². The maximum Gasteiger partial charge on any atom is 0.309 e. The monoisotopic (exact) mass is 220 g/mol. The molecule has 0 unspecified atom stereocenters. The maximum absolute atomic E-state index is 10.9. The molecule has 1 aromatic carbocycles. The van der Waals surface area contributed by atoms with Gasteiger partial charge in [0.05, 0.1) is 19.3 Å². The molecular formula is C13H16O3. The zero-order chi connectivity index (χ0) is 11.6. The fourth-order valence-electron chi connectivity index (χ4n) is 1.15. The number of carbonyl (C=O) groups excluding carboxylic acids is 1. The van der Waals surface area contributed by atoms with E-state index in [9.17, 15) is 4.79 Å². The smallest absolute Gasteiger partial charge is 0.309 e. The van der Waals surface area contributed by atoms with Crippen molar-refractivity contribution >= 4 is 5.97 Å². The summed E-state index contributed by atoms with van der Waals surface area (Å²) in [5.41, 5.74) is 1.10. The number of rotatable bonds is 6. The van der Waals surface area contributed by atoms with Crippen LogP contribution in [0.15, 0.2) is 42.7 Å². The van der Waals surface area contributed by atoms with Crippen LogP contribution in [0.4, 0.5) is 0 Å². The lowest BCUT2D eigenvalue weighted by molar-refractivity contribution is -0.142. The zero-order valence-electron chi connectivity index (χ0n) is 9.39. The lowest BCUT2D eigenvalue weighted by atomic mass is 10.2. The average Bonchev–Trinajstić information content (AvgIpc) is 2.30. The first-order valence-electron chi connectivity index (χ1n) is 5.29. The molecule has 0 fully saturated rings. The molecule has 0 aliphatic heterocycles. The molecule has 1 rings (SSSR count). The van der Waals surface area contributed by atoms with E-state index in [-0.39, 0.29) is 12.4 Å². The number of carbonyl (C=O) groups is 1. The summed E-state index contributed by atoms with van der Waals surface area (Å²) in [6.07, 6.45) is 3.44. The van der Waals surface area contributed by atoms with Crippen molar-refractivity contribution in [1.29, 1.82) is 0 Å².